The maximum Gasteiger partial charge on any atom is 0.191 e. The minimum atomic E-state index is 0.145. The second-order valence-electron chi connectivity index (χ2n) is 9.02. The summed E-state index contributed by atoms with van der Waals surface area (Å²) in [6.07, 6.45) is 5.86. The topological polar surface area (TPSA) is 67.4 Å². The zero-order chi connectivity index (χ0) is 21.5. The lowest BCUT2D eigenvalue weighted by molar-refractivity contribution is -0.0164. The lowest BCUT2D eigenvalue weighted by Gasteiger charge is -2.45. The summed E-state index contributed by atoms with van der Waals surface area (Å²) in [4.78, 5) is 7.15. The van der Waals surface area contributed by atoms with Crippen molar-refractivity contribution in [2.45, 2.75) is 57.2 Å². The molecule has 172 valence electrons. The van der Waals surface area contributed by atoms with Crippen LogP contribution in [0.25, 0.3) is 0 Å². The zero-order valence-electron chi connectivity index (χ0n) is 19.1. The molecule has 3 fully saturated rings. The van der Waals surface area contributed by atoms with Gasteiger partial charge in [0.25, 0.3) is 0 Å². The molecule has 3 aliphatic heterocycles. The summed E-state index contributed by atoms with van der Waals surface area (Å²) in [6, 6.07) is 6.40. The second kappa shape index (κ2) is 10.7. The Kier molecular flexibility index (Phi) is 7.69. The standard InChI is InChI=1S/C24H38N4O3/c1-19-5-6-20(22(15-19)31-21-7-12-30-17-21)16-26-23(25-2)27-18-24(8-13-29-14-9-24)28-10-3-4-11-28/h5-6,15,21H,3-4,7-14,16-18H2,1-2H3,(H2,25,26,27). The van der Waals surface area contributed by atoms with Gasteiger partial charge in [0, 0.05) is 50.9 Å². The normalized spacial score (nSPS) is 24.3. The van der Waals surface area contributed by atoms with Gasteiger partial charge in [-0.15, -0.1) is 0 Å². The van der Waals surface area contributed by atoms with Gasteiger partial charge in [-0.3, -0.25) is 9.89 Å². The van der Waals surface area contributed by atoms with Crippen molar-refractivity contribution >= 4 is 5.96 Å². The number of guanidine groups is 1. The Morgan fingerprint density at radius 1 is 1.16 bits per heavy atom. The quantitative estimate of drug-likeness (QED) is 0.512. The maximum absolute atomic E-state index is 6.25. The van der Waals surface area contributed by atoms with Gasteiger partial charge in [0.1, 0.15) is 11.9 Å². The molecule has 1 unspecified atom stereocenters. The second-order valence-corrected chi connectivity index (χ2v) is 9.02. The van der Waals surface area contributed by atoms with E-state index in [1.165, 1.54) is 31.5 Å². The van der Waals surface area contributed by atoms with Gasteiger partial charge >= 0.3 is 0 Å². The molecule has 3 aliphatic rings. The fourth-order valence-electron chi connectivity index (χ4n) is 4.90. The summed E-state index contributed by atoms with van der Waals surface area (Å²) in [5, 5.41) is 7.11. The van der Waals surface area contributed by atoms with Crippen molar-refractivity contribution in [1.29, 1.82) is 0 Å². The number of nitrogens with one attached hydrogen (secondary N) is 2. The van der Waals surface area contributed by atoms with Crippen LogP contribution in [-0.4, -0.2) is 75.6 Å². The molecular formula is C24H38N4O3. The Morgan fingerprint density at radius 2 is 1.97 bits per heavy atom. The zero-order valence-corrected chi connectivity index (χ0v) is 19.1. The van der Waals surface area contributed by atoms with Crippen LogP contribution in [0.2, 0.25) is 0 Å². The number of aliphatic imine (C=N–C) groups is 1. The van der Waals surface area contributed by atoms with Crippen LogP contribution in [0.15, 0.2) is 23.2 Å². The molecule has 3 heterocycles. The summed E-state index contributed by atoms with van der Waals surface area (Å²) < 4.78 is 17.4. The molecule has 0 amide bonds. The largest absolute Gasteiger partial charge is 0.488 e. The van der Waals surface area contributed by atoms with E-state index in [2.05, 4.69) is 45.6 Å². The molecule has 0 radical (unpaired) electrons. The highest BCUT2D eigenvalue weighted by molar-refractivity contribution is 5.79. The number of benzene rings is 1. The molecule has 2 N–H and O–H groups in total. The summed E-state index contributed by atoms with van der Waals surface area (Å²) in [7, 11) is 1.84. The van der Waals surface area contributed by atoms with Gasteiger partial charge < -0.3 is 24.8 Å². The summed E-state index contributed by atoms with van der Waals surface area (Å²) in [6.45, 7) is 9.21. The molecular weight excluding hydrogens is 392 g/mol. The van der Waals surface area contributed by atoms with Crippen molar-refractivity contribution in [2.24, 2.45) is 4.99 Å². The Balaban J connectivity index is 1.36. The molecule has 0 aliphatic carbocycles. The smallest absolute Gasteiger partial charge is 0.191 e. The molecule has 1 aromatic carbocycles. The van der Waals surface area contributed by atoms with E-state index in [0.717, 1.165) is 62.9 Å². The number of hydrogen-bond acceptors (Lipinski definition) is 5. The average Bonchev–Trinajstić information content (AvgIpc) is 3.50. The summed E-state index contributed by atoms with van der Waals surface area (Å²) in [5.74, 6) is 1.78. The van der Waals surface area contributed by atoms with E-state index >= 15 is 0 Å². The molecule has 0 spiro atoms. The Morgan fingerprint density at radius 3 is 2.68 bits per heavy atom. The third-order valence-electron chi connectivity index (χ3n) is 6.86. The first-order valence-electron chi connectivity index (χ1n) is 11.8. The van der Waals surface area contributed by atoms with Gasteiger partial charge in [0.2, 0.25) is 0 Å². The number of hydrogen-bond donors (Lipinski definition) is 2. The summed E-state index contributed by atoms with van der Waals surface area (Å²) in [5.41, 5.74) is 2.51. The lowest BCUT2D eigenvalue weighted by Crippen LogP contribution is -2.58. The van der Waals surface area contributed by atoms with Gasteiger partial charge in [-0.2, -0.15) is 0 Å². The van der Waals surface area contributed by atoms with E-state index in [0.29, 0.717) is 13.2 Å². The third-order valence-corrected chi connectivity index (χ3v) is 6.86. The van der Waals surface area contributed by atoms with Gasteiger partial charge in [-0.25, -0.2) is 0 Å². The van der Waals surface area contributed by atoms with Crippen LogP contribution in [0.3, 0.4) is 0 Å². The molecule has 0 aromatic heterocycles. The van der Waals surface area contributed by atoms with Gasteiger partial charge in [-0.1, -0.05) is 12.1 Å². The molecule has 0 bridgehead atoms. The van der Waals surface area contributed by atoms with Gasteiger partial charge in [-0.05, 0) is 57.3 Å². The van der Waals surface area contributed by atoms with Crippen molar-refractivity contribution in [3.8, 4) is 5.75 Å². The van der Waals surface area contributed by atoms with Crippen LogP contribution in [0, 0.1) is 6.92 Å². The Bertz CT molecular complexity index is 736. The molecule has 4 rings (SSSR count). The van der Waals surface area contributed by atoms with E-state index in [1.807, 2.05) is 7.05 Å². The highest BCUT2D eigenvalue weighted by Gasteiger charge is 2.39. The first-order chi connectivity index (χ1) is 15.2. The van der Waals surface area contributed by atoms with Crippen molar-refractivity contribution in [3.05, 3.63) is 29.3 Å². The van der Waals surface area contributed by atoms with Crippen molar-refractivity contribution < 1.29 is 14.2 Å². The molecule has 7 nitrogen and oxygen atoms in total. The van der Waals surface area contributed by atoms with E-state index < -0.39 is 0 Å². The van der Waals surface area contributed by atoms with E-state index in [4.69, 9.17) is 14.2 Å². The fraction of sp³-hybridized carbons (Fsp3) is 0.708. The molecule has 7 heteroatoms. The molecule has 1 atom stereocenters. The predicted molar refractivity (Wildman–Crippen MR) is 123 cm³/mol. The average molecular weight is 431 g/mol. The predicted octanol–water partition coefficient (Wildman–Crippen LogP) is 2.47. The highest BCUT2D eigenvalue weighted by Crippen LogP contribution is 2.31. The van der Waals surface area contributed by atoms with E-state index in [1.54, 1.807) is 0 Å². The van der Waals surface area contributed by atoms with Crippen LogP contribution in [-0.2, 0) is 16.0 Å². The Labute approximate surface area is 186 Å². The first kappa shape index (κ1) is 22.4. The number of rotatable bonds is 7. The monoisotopic (exact) mass is 430 g/mol. The van der Waals surface area contributed by atoms with E-state index in [9.17, 15) is 0 Å². The maximum atomic E-state index is 6.25. The highest BCUT2D eigenvalue weighted by atomic mass is 16.5. The third kappa shape index (κ3) is 5.70. The first-order valence-corrected chi connectivity index (χ1v) is 11.8. The number of ether oxygens (including phenoxy) is 3. The SMILES string of the molecule is CN=C(NCc1ccc(C)cc1OC1CCOC1)NCC1(N2CCCC2)CCOCC1. The summed E-state index contributed by atoms with van der Waals surface area (Å²) >= 11 is 0. The number of likely N-dealkylation sites (tertiary alicyclic amines) is 1. The van der Waals surface area contributed by atoms with Crippen LogP contribution in [0.5, 0.6) is 5.75 Å². The van der Waals surface area contributed by atoms with Crippen LogP contribution >= 0.6 is 0 Å². The van der Waals surface area contributed by atoms with Crippen molar-refractivity contribution in [1.82, 2.24) is 15.5 Å². The van der Waals surface area contributed by atoms with Crippen molar-refractivity contribution in [3.63, 3.8) is 0 Å². The van der Waals surface area contributed by atoms with Crippen LogP contribution in [0.1, 0.15) is 43.2 Å². The van der Waals surface area contributed by atoms with E-state index in [-0.39, 0.29) is 11.6 Å². The van der Waals surface area contributed by atoms with Gasteiger partial charge in [0.15, 0.2) is 5.96 Å². The number of nitrogens with zero attached hydrogens (tertiary/aromatic N) is 2. The minimum absolute atomic E-state index is 0.145. The number of aryl methyl sites for hydroxylation is 1. The lowest BCUT2D eigenvalue weighted by atomic mass is 9.88. The van der Waals surface area contributed by atoms with Crippen LogP contribution in [0.4, 0.5) is 0 Å². The molecule has 0 saturated carbocycles. The fourth-order valence-corrected chi connectivity index (χ4v) is 4.90. The molecule has 3 saturated heterocycles. The minimum Gasteiger partial charge on any atom is -0.488 e. The Hall–Kier alpha value is -1.83. The van der Waals surface area contributed by atoms with Crippen LogP contribution < -0.4 is 15.4 Å². The van der Waals surface area contributed by atoms with Crippen molar-refractivity contribution in [2.75, 3.05) is 53.1 Å². The molecule has 1 aromatic rings. The molecule has 31 heavy (non-hydrogen) atoms. The van der Waals surface area contributed by atoms with Gasteiger partial charge in [0.05, 0.1) is 13.2 Å².